The second kappa shape index (κ2) is 4.68. The van der Waals surface area contributed by atoms with Crippen LogP contribution in [0.1, 0.15) is 26.7 Å². The van der Waals surface area contributed by atoms with Gasteiger partial charge in [-0.15, -0.1) is 6.58 Å². The Hall–Kier alpha value is -1.32. The van der Waals surface area contributed by atoms with Crippen LogP contribution in [-0.4, -0.2) is 35.0 Å². The molecule has 0 aliphatic carbocycles. The van der Waals surface area contributed by atoms with E-state index in [1.165, 1.54) is 0 Å². The van der Waals surface area contributed by atoms with Crippen molar-refractivity contribution in [2.75, 3.05) is 13.1 Å². The van der Waals surface area contributed by atoms with Crippen LogP contribution >= 0.6 is 0 Å². The number of hydrogen-bond donors (Lipinski definition) is 1. The molecule has 0 aromatic heterocycles. The molecule has 1 unspecified atom stereocenters. The molecule has 0 bridgehead atoms. The van der Waals surface area contributed by atoms with Crippen molar-refractivity contribution in [3.8, 4) is 0 Å². The Labute approximate surface area is 95.9 Å². The zero-order valence-corrected chi connectivity index (χ0v) is 9.90. The van der Waals surface area contributed by atoms with Gasteiger partial charge in [-0.1, -0.05) is 19.9 Å². The zero-order chi connectivity index (χ0) is 12.3. The largest absolute Gasteiger partial charge is 0.481 e. The van der Waals surface area contributed by atoms with Gasteiger partial charge >= 0.3 is 5.97 Å². The Kier molecular flexibility index (Phi) is 3.73. The summed E-state index contributed by atoms with van der Waals surface area (Å²) in [6.07, 6.45) is 2.38. The molecule has 0 spiro atoms. The summed E-state index contributed by atoms with van der Waals surface area (Å²) in [5, 5.41) is 9.31. The summed E-state index contributed by atoms with van der Waals surface area (Å²) in [6.45, 7) is 8.18. The Balaban J connectivity index is 2.78. The highest BCUT2D eigenvalue weighted by Gasteiger charge is 2.48. The molecule has 0 aromatic rings. The van der Waals surface area contributed by atoms with E-state index in [1.807, 2.05) is 13.8 Å². The van der Waals surface area contributed by atoms with Crippen molar-refractivity contribution in [1.29, 1.82) is 0 Å². The van der Waals surface area contributed by atoms with Gasteiger partial charge < -0.3 is 10.0 Å². The molecule has 1 aliphatic rings. The highest BCUT2D eigenvalue weighted by molar-refractivity contribution is 5.81. The number of carbonyl (C=O) groups excluding carboxylic acids is 1. The topological polar surface area (TPSA) is 57.6 Å². The molecule has 4 nitrogen and oxygen atoms in total. The fourth-order valence-corrected chi connectivity index (χ4v) is 2.19. The molecule has 90 valence electrons. The van der Waals surface area contributed by atoms with E-state index in [0.29, 0.717) is 19.5 Å². The second-order valence-corrected chi connectivity index (χ2v) is 4.67. The first-order chi connectivity index (χ1) is 7.44. The zero-order valence-electron chi connectivity index (χ0n) is 9.90. The van der Waals surface area contributed by atoms with Crippen LogP contribution < -0.4 is 0 Å². The van der Waals surface area contributed by atoms with Crippen molar-refractivity contribution in [2.24, 2.45) is 11.3 Å². The molecule has 1 amide bonds. The Morgan fingerprint density at radius 2 is 2.19 bits per heavy atom. The maximum absolute atomic E-state index is 11.6. The number of rotatable bonds is 4. The number of carboxylic acid groups (broad SMARTS) is 1. The first kappa shape index (κ1) is 12.7. The Bertz CT molecular complexity index is 311. The fraction of sp³-hybridized carbons (Fsp3) is 0.667. The van der Waals surface area contributed by atoms with E-state index in [1.54, 1.807) is 11.0 Å². The third-order valence-electron chi connectivity index (χ3n) is 3.50. The predicted octanol–water partition coefficient (Wildman–Crippen LogP) is 1.52. The van der Waals surface area contributed by atoms with E-state index in [-0.39, 0.29) is 18.2 Å². The summed E-state index contributed by atoms with van der Waals surface area (Å²) in [5.41, 5.74) is -0.767. The van der Waals surface area contributed by atoms with E-state index in [2.05, 4.69) is 6.58 Å². The quantitative estimate of drug-likeness (QED) is 0.738. The number of amides is 1. The van der Waals surface area contributed by atoms with Gasteiger partial charge in [0.25, 0.3) is 0 Å². The first-order valence-corrected chi connectivity index (χ1v) is 5.56. The van der Waals surface area contributed by atoms with Gasteiger partial charge in [-0.25, -0.2) is 0 Å². The molecule has 1 N–H and O–H groups in total. The van der Waals surface area contributed by atoms with Crippen molar-refractivity contribution in [1.82, 2.24) is 4.90 Å². The average Bonchev–Trinajstić information content (AvgIpc) is 2.63. The molecular weight excluding hydrogens is 206 g/mol. The second-order valence-electron chi connectivity index (χ2n) is 4.67. The minimum atomic E-state index is -0.795. The number of hydrogen-bond acceptors (Lipinski definition) is 2. The van der Waals surface area contributed by atoms with Crippen LogP contribution in [0, 0.1) is 11.3 Å². The van der Waals surface area contributed by atoms with Crippen LogP contribution in [0.2, 0.25) is 0 Å². The molecule has 0 aromatic carbocycles. The lowest BCUT2D eigenvalue weighted by atomic mass is 9.76. The molecule has 1 saturated heterocycles. The van der Waals surface area contributed by atoms with E-state index >= 15 is 0 Å². The third-order valence-corrected chi connectivity index (χ3v) is 3.50. The molecule has 1 aliphatic heterocycles. The molecule has 0 saturated carbocycles. The van der Waals surface area contributed by atoms with Crippen molar-refractivity contribution in [3.05, 3.63) is 12.7 Å². The monoisotopic (exact) mass is 225 g/mol. The van der Waals surface area contributed by atoms with Gasteiger partial charge in [0.1, 0.15) is 0 Å². The summed E-state index contributed by atoms with van der Waals surface area (Å²) >= 11 is 0. The molecule has 1 rings (SSSR count). The third kappa shape index (κ3) is 2.10. The van der Waals surface area contributed by atoms with Crippen LogP contribution in [0.15, 0.2) is 12.7 Å². The number of nitrogens with zero attached hydrogens (tertiary/aromatic N) is 1. The van der Waals surface area contributed by atoms with Gasteiger partial charge in [0.2, 0.25) is 5.91 Å². The standard InChI is InChI=1S/C12H19NO3/c1-4-5-10(14)13-7-6-12(8-13,9(2)3)11(15)16/h4,9H,1,5-8H2,2-3H3,(H,15,16). The summed E-state index contributed by atoms with van der Waals surface area (Å²) < 4.78 is 0. The number of carboxylic acids is 1. The van der Waals surface area contributed by atoms with E-state index in [4.69, 9.17) is 0 Å². The smallest absolute Gasteiger partial charge is 0.311 e. The number of carbonyl (C=O) groups is 2. The van der Waals surface area contributed by atoms with Crippen molar-refractivity contribution in [2.45, 2.75) is 26.7 Å². The summed E-state index contributed by atoms with van der Waals surface area (Å²) in [7, 11) is 0. The van der Waals surface area contributed by atoms with Crippen LogP contribution in [-0.2, 0) is 9.59 Å². The fourth-order valence-electron chi connectivity index (χ4n) is 2.19. The lowest BCUT2D eigenvalue weighted by Crippen LogP contribution is -2.40. The van der Waals surface area contributed by atoms with E-state index in [9.17, 15) is 14.7 Å². The Morgan fingerprint density at radius 1 is 1.56 bits per heavy atom. The molecule has 0 radical (unpaired) electrons. The lowest BCUT2D eigenvalue weighted by Gasteiger charge is -2.28. The van der Waals surface area contributed by atoms with Crippen LogP contribution in [0.3, 0.4) is 0 Å². The van der Waals surface area contributed by atoms with Crippen molar-refractivity contribution >= 4 is 11.9 Å². The molecule has 4 heteroatoms. The van der Waals surface area contributed by atoms with Gasteiger partial charge in [0.15, 0.2) is 0 Å². The maximum Gasteiger partial charge on any atom is 0.311 e. The van der Waals surface area contributed by atoms with E-state index < -0.39 is 11.4 Å². The van der Waals surface area contributed by atoms with Crippen LogP contribution in [0.4, 0.5) is 0 Å². The average molecular weight is 225 g/mol. The summed E-state index contributed by atoms with van der Waals surface area (Å²) in [4.78, 5) is 24.6. The molecule has 1 heterocycles. The summed E-state index contributed by atoms with van der Waals surface area (Å²) in [6, 6.07) is 0. The van der Waals surface area contributed by atoms with Gasteiger partial charge in [-0.3, -0.25) is 9.59 Å². The molecule has 1 atom stereocenters. The van der Waals surface area contributed by atoms with Gasteiger partial charge in [-0.2, -0.15) is 0 Å². The minimum Gasteiger partial charge on any atom is -0.481 e. The minimum absolute atomic E-state index is 0.0289. The predicted molar refractivity (Wildman–Crippen MR) is 60.9 cm³/mol. The molecular formula is C12H19NO3. The molecule has 16 heavy (non-hydrogen) atoms. The van der Waals surface area contributed by atoms with Gasteiger partial charge in [-0.05, 0) is 12.3 Å². The molecule has 1 fully saturated rings. The maximum atomic E-state index is 11.6. The summed E-state index contributed by atoms with van der Waals surface area (Å²) in [5.74, 6) is -0.790. The SMILES string of the molecule is C=CCC(=O)N1CCC(C(=O)O)(C(C)C)C1. The number of likely N-dealkylation sites (tertiary alicyclic amines) is 1. The first-order valence-electron chi connectivity index (χ1n) is 5.56. The number of aliphatic carboxylic acids is 1. The highest BCUT2D eigenvalue weighted by Crippen LogP contribution is 2.38. The van der Waals surface area contributed by atoms with E-state index in [0.717, 1.165) is 0 Å². The van der Waals surface area contributed by atoms with Crippen molar-refractivity contribution < 1.29 is 14.7 Å². The highest BCUT2D eigenvalue weighted by atomic mass is 16.4. The van der Waals surface area contributed by atoms with Crippen molar-refractivity contribution in [3.63, 3.8) is 0 Å². The van der Waals surface area contributed by atoms with Crippen LogP contribution in [0.25, 0.3) is 0 Å². The lowest BCUT2D eigenvalue weighted by molar-refractivity contribution is -0.151. The van der Waals surface area contributed by atoms with Gasteiger partial charge in [0.05, 0.1) is 5.41 Å². The Morgan fingerprint density at radius 3 is 2.56 bits per heavy atom. The van der Waals surface area contributed by atoms with Crippen LogP contribution in [0.5, 0.6) is 0 Å². The normalized spacial score (nSPS) is 24.8. The van der Waals surface area contributed by atoms with Gasteiger partial charge in [0, 0.05) is 19.5 Å².